The van der Waals surface area contributed by atoms with E-state index in [9.17, 15) is 0 Å². The van der Waals surface area contributed by atoms with Gasteiger partial charge >= 0.3 is 60.4 Å². The number of hydrogen-bond donors (Lipinski definition) is 0. The van der Waals surface area contributed by atoms with Crippen LogP contribution in [0.2, 0.25) is 0 Å². The van der Waals surface area contributed by atoms with Crippen molar-refractivity contribution in [2.45, 2.75) is 25.7 Å². The van der Waals surface area contributed by atoms with E-state index >= 15 is 0 Å². The maximum absolute atomic E-state index is 3.06. The molecule has 26 heavy (non-hydrogen) atoms. The zero-order valence-corrected chi connectivity index (χ0v) is 22.9. The number of hydrogen-bond acceptors (Lipinski definition) is 0. The molecule has 0 N–H and O–H groups in total. The molecule has 0 heterocycles. The van der Waals surface area contributed by atoms with Crippen LogP contribution < -0.4 is 24.8 Å². The first-order chi connectivity index (χ1) is 12.0. The third-order valence-corrected chi connectivity index (χ3v) is 2.34. The summed E-state index contributed by atoms with van der Waals surface area (Å²) in [7, 11) is 0. The monoisotopic (exact) mass is 566 g/mol. The van der Waals surface area contributed by atoms with Gasteiger partial charge in [0.1, 0.15) is 0 Å². The van der Waals surface area contributed by atoms with Gasteiger partial charge in [0, 0.05) is 0 Å². The fraction of sp³-hybridized carbons (Fsp3) is 0.200. The van der Waals surface area contributed by atoms with E-state index in [1.165, 1.54) is 46.7 Å². The Morgan fingerprint density at radius 3 is 0.692 bits per heavy atom. The molecule has 0 aromatic rings. The van der Waals surface area contributed by atoms with Crippen LogP contribution >= 0.6 is 0 Å². The summed E-state index contributed by atoms with van der Waals surface area (Å²) in [5.41, 5.74) is 0. The second-order valence-corrected chi connectivity index (χ2v) is 4.01. The first-order valence-electron chi connectivity index (χ1n) is 7.37. The SMILES string of the molecule is [C-]1=CC=CC1.[C-]1=CC=CC1.[C-]1=CC=CC1.[C-]1=CC=CC1.[Cl-].[Cl-].[Si]=[Zr+2].[Si]=[Zr+2]. The second-order valence-electron chi connectivity index (χ2n) is 4.01. The predicted octanol–water partition coefficient (Wildman–Crippen LogP) is -1.54. The predicted molar refractivity (Wildman–Crippen MR) is 97.8 cm³/mol. The molecule has 0 bridgehead atoms. The number of halogens is 2. The fourth-order valence-corrected chi connectivity index (χ4v) is 1.36. The number of rotatable bonds is 0. The summed E-state index contributed by atoms with van der Waals surface area (Å²) in [5.74, 6) is 0. The van der Waals surface area contributed by atoms with Crippen LogP contribution in [0.5, 0.6) is 0 Å². The first-order valence-corrected chi connectivity index (χ1v) is 15.7. The molecule has 0 saturated heterocycles. The summed E-state index contributed by atoms with van der Waals surface area (Å²) >= 11 is 2.71. The standard InChI is InChI=1S/4C5H5.2ClH.2Si.2Zr/c4*1-2-4-5-3-1;;;;;;/h4*1-3H,4H2;2*1H;;;;/q4*-1;;;;;2*+2/p-2. The summed E-state index contributed by atoms with van der Waals surface area (Å²) in [6.07, 6.45) is 40.0. The summed E-state index contributed by atoms with van der Waals surface area (Å²) in [6.45, 7) is 6.12. The molecule has 4 radical (unpaired) electrons. The van der Waals surface area contributed by atoms with Gasteiger partial charge in [0.05, 0.1) is 0 Å². The minimum absolute atomic E-state index is 0. The summed E-state index contributed by atoms with van der Waals surface area (Å²) < 4.78 is 0. The van der Waals surface area contributed by atoms with Crippen LogP contribution in [-0.2, 0) is 46.7 Å². The molecular formula is C20H20Cl2Si2Zr2-2. The summed E-state index contributed by atoms with van der Waals surface area (Å²) in [5, 5.41) is 0. The fourth-order valence-electron chi connectivity index (χ4n) is 1.36. The van der Waals surface area contributed by atoms with Crippen molar-refractivity contribution in [2.75, 3.05) is 0 Å². The molecule has 0 amide bonds. The summed E-state index contributed by atoms with van der Waals surface area (Å²) in [6, 6.07) is 0. The normalized spacial score (nSPS) is 14.0. The van der Waals surface area contributed by atoms with Gasteiger partial charge in [0.2, 0.25) is 0 Å². The van der Waals surface area contributed by atoms with Crippen molar-refractivity contribution >= 4 is 13.8 Å². The third-order valence-electron chi connectivity index (χ3n) is 2.34. The molecule has 0 nitrogen and oxygen atoms in total. The molecule has 0 atom stereocenters. The average Bonchev–Trinajstić information content (AvgIpc) is 3.48. The van der Waals surface area contributed by atoms with Crippen LogP contribution in [0.25, 0.3) is 0 Å². The molecule has 0 aromatic heterocycles. The van der Waals surface area contributed by atoms with E-state index in [4.69, 9.17) is 0 Å². The third kappa shape index (κ3) is 32.4. The zero-order valence-electron chi connectivity index (χ0n) is 14.5. The second kappa shape index (κ2) is 36.6. The Morgan fingerprint density at radius 1 is 0.462 bits per heavy atom. The van der Waals surface area contributed by atoms with Crippen LogP contribution in [0.3, 0.4) is 0 Å². The van der Waals surface area contributed by atoms with E-state index in [1.54, 1.807) is 0 Å². The van der Waals surface area contributed by atoms with Gasteiger partial charge in [-0.25, -0.2) is 48.6 Å². The van der Waals surface area contributed by atoms with E-state index in [0.717, 1.165) is 25.7 Å². The van der Waals surface area contributed by atoms with Crippen molar-refractivity contribution in [1.82, 2.24) is 0 Å². The molecule has 4 aliphatic rings. The van der Waals surface area contributed by atoms with E-state index in [-0.39, 0.29) is 24.8 Å². The van der Waals surface area contributed by atoms with Crippen LogP contribution in [0.1, 0.15) is 25.7 Å². The van der Waals surface area contributed by atoms with Crippen LogP contribution in [0.15, 0.2) is 72.9 Å². The molecule has 6 heteroatoms. The van der Waals surface area contributed by atoms with Gasteiger partial charge in [0.15, 0.2) is 0 Å². The molecule has 0 spiro atoms. The molecule has 4 rings (SSSR count). The van der Waals surface area contributed by atoms with Gasteiger partial charge in [-0.3, -0.25) is 24.3 Å². The van der Waals surface area contributed by atoms with Gasteiger partial charge in [-0.15, -0.1) is 25.7 Å². The van der Waals surface area contributed by atoms with Gasteiger partial charge in [-0.05, 0) is 0 Å². The maximum atomic E-state index is 3.06. The Balaban J connectivity index is -0.000000114. The molecule has 0 unspecified atom stereocenters. The Kier molecular flexibility index (Phi) is 48.2. The van der Waals surface area contributed by atoms with Gasteiger partial charge in [-0.2, -0.15) is 24.3 Å². The van der Waals surface area contributed by atoms with Gasteiger partial charge < -0.3 is 24.8 Å². The Bertz CT molecular complexity index is 376. The Morgan fingerprint density at radius 2 is 0.654 bits per heavy atom. The zero-order chi connectivity index (χ0) is 18.1. The van der Waals surface area contributed by atoms with E-state index < -0.39 is 0 Å². The van der Waals surface area contributed by atoms with Crippen LogP contribution in [-0.4, -0.2) is 13.8 Å². The van der Waals surface area contributed by atoms with Crippen molar-refractivity contribution in [2.24, 2.45) is 0 Å². The van der Waals surface area contributed by atoms with Crippen molar-refractivity contribution in [3.05, 3.63) is 97.2 Å². The molecule has 0 aliphatic heterocycles. The van der Waals surface area contributed by atoms with Crippen molar-refractivity contribution in [1.29, 1.82) is 0 Å². The molecule has 132 valence electrons. The van der Waals surface area contributed by atoms with Crippen LogP contribution in [0, 0.1) is 24.3 Å². The number of allylic oxidation sites excluding steroid dienone is 16. The van der Waals surface area contributed by atoms with Crippen molar-refractivity contribution in [3.8, 4) is 0 Å². The van der Waals surface area contributed by atoms with E-state index in [1.807, 2.05) is 48.6 Å². The van der Waals surface area contributed by atoms with Gasteiger partial charge in [-0.1, -0.05) is 0 Å². The molecular weight excluding hydrogens is 550 g/mol. The molecule has 0 saturated carbocycles. The first kappa shape index (κ1) is 34.2. The van der Waals surface area contributed by atoms with E-state index in [2.05, 4.69) is 62.4 Å². The summed E-state index contributed by atoms with van der Waals surface area (Å²) in [4.78, 5) is 0. The average molecular weight is 570 g/mol. The Hall–Kier alpha value is 0.700. The van der Waals surface area contributed by atoms with Gasteiger partial charge in [0.25, 0.3) is 0 Å². The topological polar surface area (TPSA) is 0 Å². The Labute approximate surface area is 206 Å². The molecule has 4 aliphatic carbocycles. The molecule has 0 aromatic carbocycles. The minimum atomic E-state index is 0. The van der Waals surface area contributed by atoms with Crippen molar-refractivity contribution in [3.63, 3.8) is 0 Å². The quantitative estimate of drug-likeness (QED) is 0.245. The molecule has 0 fully saturated rings. The van der Waals surface area contributed by atoms with Crippen LogP contribution in [0.4, 0.5) is 0 Å². The van der Waals surface area contributed by atoms with E-state index in [0.29, 0.717) is 0 Å². The van der Waals surface area contributed by atoms with Crippen molar-refractivity contribution < 1.29 is 71.5 Å².